The Morgan fingerprint density at radius 1 is 1.17 bits per heavy atom. The largest absolute Gasteiger partial charge is 0.335 e. The lowest BCUT2D eigenvalue weighted by molar-refractivity contribution is 0.0753. The minimum atomic E-state index is -0.0614. The van der Waals surface area contributed by atoms with Crippen LogP contribution in [0.4, 0.5) is 0 Å². The number of fused-ring (bicyclic) bond motifs is 2. The molecular weight excluding hydrogens is 306 g/mol. The summed E-state index contributed by atoms with van der Waals surface area (Å²) in [5.74, 6) is 3.01. The van der Waals surface area contributed by atoms with Crippen LogP contribution < -0.4 is 0 Å². The fourth-order valence-electron chi connectivity index (χ4n) is 3.13. The second-order valence-electron chi connectivity index (χ2n) is 6.38. The third-order valence-corrected chi connectivity index (χ3v) is 4.64. The van der Waals surface area contributed by atoms with Gasteiger partial charge in [0, 0.05) is 44.0 Å². The third kappa shape index (κ3) is 2.26. The lowest BCUT2D eigenvalue weighted by atomic mass is 10.3. The van der Waals surface area contributed by atoms with Gasteiger partial charge >= 0.3 is 0 Å². The first kappa shape index (κ1) is 13.6. The van der Waals surface area contributed by atoms with Crippen LogP contribution >= 0.6 is 0 Å². The second-order valence-corrected chi connectivity index (χ2v) is 6.38. The molecule has 8 nitrogen and oxygen atoms in total. The molecule has 122 valence electrons. The monoisotopic (exact) mass is 323 g/mol. The van der Waals surface area contributed by atoms with E-state index in [1.54, 1.807) is 16.8 Å². The molecule has 0 unspecified atom stereocenters. The summed E-state index contributed by atoms with van der Waals surface area (Å²) in [6.45, 7) is 1.95. The summed E-state index contributed by atoms with van der Waals surface area (Å²) in [5.41, 5.74) is 0.430. The number of rotatable bonds is 2. The minimum absolute atomic E-state index is 0.0614. The number of aromatic nitrogens is 6. The van der Waals surface area contributed by atoms with E-state index in [4.69, 9.17) is 0 Å². The van der Waals surface area contributed by atoms with Crippen molar-refractivity contribution in [3.8, 4) is 0 Å². The van der Waals surface area contributed by atoms with E-state index < -0.39 is 0 Å². The first-order chi connectivity index (χ1) is 11.8. The Labute approximate surface area is 138 Å². The maximum atomic E-state index is 12.8. The van der Waals surface area contributed by atoms with Gasteiger partial charge in [-0.3, -0.25) is 9.20 Å². The Morgan fingerprint density at radius 2 is 2.08 bits per heavy atom. The molecule has 3 aromatic rings. The molecule has 2 aliphatic rings. The number of amides is 1. The lowest BCUT2D eigenvalue weighted by Crippen LogP contribution is -2.34. The average Bonchev–Trinajstić information content (AvgIpc) is 3.28. The van der Waals surface area contributed by atoms with Crippen molar-refractivity contribution in [1.82, 2.24) is 34.0 Å². The predicted molar refractivity (Wildman–Crippen MR) is 84.6 cm³/mol. The molecule has 1 fully saturated rings. The molecule has 5 rings (SSSR count). The summed E-state index contributed by atoms with van der Waals surface area (Å²) in [6, 6.07) is 1.82. The Morgan fingerprint density at radius 3 is 2.92 bits per heavy atom. The molecule has 0 bridgehead atoms. The van der Waals surface area contributed by atoms with Crippen molar-refractivity contribution in [2.75, 3.05) is 13.1 Å². The van der Waals surface area contributed by atoms with E-state index in [9.17, 15) is 4.79 Å². The average molecular weight is 323 g/mol. The Kier molecular flexibility index (Phi) is 2.91. The maximum Gasteiger partial charge on any atom is 0.274 e. The summed E-state index contributed by atoms with van der Waals surface area (Å²) in [7, 11) is 0. The number of nitrogens with zero attached hydrogens (tertiary/aromatic N) is 7. The fourth-order valence-corrected chi connectivity index (χ4v) is 3.13. The predicted octanol–water partition coefficient (Wildman–Crippen LogP) is 0.897. The van der Waals surface area contributed by atoms with Gasteiger partial charge in [-0.2, -0.15) is 5.10 Å². The van der Waals surface area contributed by atoms with Crippen LogP contribution in [0, 0.1) is 0 Å². The molecule has 1 aliphatic heterocycles. The van der Waals surface area contributed by atoms with Gasteiger partial charge in [0.2, 0.25) is 5.78 Å². The standard InChI is InChI=1S/C16H17N7O/c24-15(12-10-22-6-1-5-17-16(22)18-12)21-7-4-13-19-14(11-2-3-11)20-23(13)9-8-21/h1,5-6,10-11H,2-4,7-9H2. The molecule has 1 saturated carbocycles. The summed E-state index contributed by atoms with van der Waals surface area (Å²) in [4.78, 5) is 27.7. The number of imidazole rings is 1. The molecule has 1 aliphatic carbocycles. The van der Waals surface area contributed by atoms with Crippen molar-refractivity contribution < 1.29 is 4.79 Å². The van der Waals surface area contributed by atoms with Gasteiger partial charge in [-0.25, -0.2) is 19.6 Å². The summed E-state index contributed by atoms with van der Waals surface area (Å²) in [6.07, 6.45) is 8.39. The summed E-state index contributed by atoms with van der Waals surface area (Å²) >= 11 is 0. The van der Waals surface area contributed by atoms with Gasteiger partial charge in [-0.05, 0) is 18.9 Å². The van der Waals surface area contributed by atoms with E-state index in [1.165, 1.54) is 12.8 Å². The van der Waals surface area contributed by atoms with E-state index in [2.05, 4.69) is 20.1 Å². The van der Waals surface area contributed by atoms with Gasteiger partial charge in [-0.1, -0.05) is 0 Å². The normalized spacial score (nSPS) is 17.8. The SMILES string of the molecule is O=C(c1cn2cccnc2n1)N1CCc2nc(C3CC3)nn2CC1. The topological polar surface area (TPSA) is 81.2 Å². The molecule has 0 saturated heterocycles. The molecule has 0 atom stereocenters. The van der Waals surface area contributed by atoms with Gasteiger partial charge in [0.05, 0.1) is 6.54 Å². The molecule has 0 spiro atoms. The van der Waals surface area contributed by atoms with Gasteiger partial charge in [0.1, 0.15) is 11.5 Å². The lowest BCUT2D eigenvalue weighted by Gasteiger charge is -2.18. The van der Waals surface area contributed by atoms with Crippen molar-refractivity contribution in [2.24, 2.45) is 0 Å². The Balaban J connectivity index is 1.35. The van der Waals surface area contributed by atoms with Crippen LogP contribution in [0.15, 0.2) is 24.7 Å². The van der Waals surface area contributed by atoms with Crippen LogP contribution in [0.25, 0.3) is 5.78 Å². The van der Waals surface area contributed by atoms with Crippen LogP contribution in [0.3, 0.4) is 0 Å². The zero-order valence-electron chi connectivity index (χ0n) is 13.2. The van der Waals surface area contributed by atoms with E-state index >= 15 is 0 Å². The number of hydrogen-bond donors (Lipinski definition) is 0. The second kappa shape index (κ2) is 5.12. The molecule has 0 N–H and O–H groups in total. The van der Waals surface area contributed by atoms with Crippen molar-refractivity contribution in [1.29, 1.82) is 0 Å². The molecule has 8 heteroatoms. The van der Waals surface area contributed by atoms with E-state index in [-0.39, 0.29) is 5.91 Å². The van der Waals surface area contributed by atoms with E-state index in [0.29, 0.717) is 37.0 Å². The van der Waals surface area contributed by atoms with Crippen molar-refractivity contribution in [3.63, 3.8) is 0 Å². The maximum absolute atomic E-state index is 12.8. The van der Waals surface area contributed by atoms with Crippen LogP contribution in [0.1, 0.15) is 40.9 Å². The van der Waals surface area contributed by atoms with Crippen LogP contribution in [-0.2, 0) is 13.0 Å². The Bertz CT molecular complexity index is 865. The minimum Gasteiger partial charge on any atom is -0.335 e. The van der Waals surface area contributed by atoms with Gasteiger partial charge in [0.25, 0.3) is 5.91 Å². The van der Waals surface area contributed by atoms with Gasteiger partial charge in [0.15, 0.2) is 5.82 Å². The molecule has 0 radical (unpaired) electrons. The Hall–Kier alpha value is -2.77. The number of carbonyl (C=O) groups excluding carboxylic acids is 1. The summed E-state index contributed by atoms with van der Waals surface area (Å²) in [5, 5.41) is 4.61. The molecule has 4 heterocycles. The highest BCUT2D eigenvalue weighted by Crippen LogP contribution is 2.38. The van der Waals surface area contributed by atoms with Crippen molar-refractivity contribution in [2.45, 2.75) is 31.7 Å². The quantitative estimate of drug-likeness (QED) is 0.700. The number of carbonyl (C=O) groups is 1. The van der Waals surface area contributed by atoms with Crippen LogP contribution in [0.5, 0.6) is 0 Å². The number of hydrogen-bond acceptors (Lipinski definition) is 5. The van der Waals surface area contributed by atoms with Crippen LogP contribution in [0.2, 0.25) is 0 Å². The zero-order chi connectivity index (χ0) is 16.1. The zero-order valence-corrected chi connectivity index (χ0v) is 13.2. The first-order valence-electron chi connectivity index (χ1n) is 8.30. The van der Waals surface area contributed by atoms with Crippen molar-refractivity contribution in [3.05, 3.63) is 42.0 Å². The molecule has 0 aromatic carbocycles. The molecule has 24 heavy (non-hydrogen) atoms. The first-order valence-corrected chi connectivity index (χ1v) is 8.30. The van der Waals surface area contributed by atoms with Crippen molar-refractivity contribution >= 4 is 11.7 Å². The molecule has 1 amide bonds. The third-order valence-electron chi connectivity index (χ3n) is 4.64. The molecular formula is C16H17N7O. The summed E-state index contributed by atoms with van der Waals surface area (Å²) < 4.78 is 3.73. The van der Waals surface area contributed by atoms with E-state index in [1.807, 2.05) is 21.8 Å². The highest BCUT2D eigenvalue weighted by atomic mass is 16.2. The highest BCUT2D eigenvalue weighted by Gasteiger charge is 2.30. The van der Waals surface area contributed by atoms with Gasteiger partial charge < -0.3 is 4.90 Å². The fraction of sp³-hybridized carbons (Fsp3) is 0.438. The van der Waals surface area contributed by atoms with Gasteiger partial charge in [-0.15, -0.1) is 0 Å². The van der Waals surface area contributed by atoms with E-state index in [0.717, 1.165) is 18.1 Å². The van der Waals surface area contributed by atoms with Crippen LogP contribution in [-0.4, -0.2) is 53.0 Å². The highest BCUT2D eigenvalue weighted by molar-refractivity contribution is 5.92. The smallest absolute Gasteiger partial charge is 0.274 e. The molecule has 3 aromatic heterocycles.